The van der Waals surface area contributed by atoms with Gasteiger partial charge in [0, 0.05) is 43.7 Å². The van der Waals surface area contributed by atoms with Crippen molar-refractivity contribution in [1.29, 1.82) is 0 Å². The number of nitrogens with zero attached hydrogens (tertiary/aromatic N) is 3. The van der Waals surface area contributed by atoms with Crippen LogP contribution in [0.25, 0.3) is 0 Å². The minimum Gasteiger partial charge on any atom is -0.342 e. The predicted molar refractivity (Wildman–Crippen MR) is 109 cm³/mol. The van der Waals surface area contributed by atoms with Crippen molar-refractivity contribution < 1.29 is 13.2 Å². The molecule has 3 rings (SSSR count). The van der Waals surface area contributed by atoms with Crippen LogP contribution in [0.3, 0.4) is 0 Å². The fourth-order valence-electron chi connectivity index (χ4n) is 3.56. The van der Waals surface area contributed by atoms with Gasteiger partial charge in [0.2, 0.25) is 15.9 Å². The van der Waals surface area contributed by atoms with Gasteiger partial charge in [-0.3, -0.25) is 9.69 Å². The molecule has 2 aliphatic heterocycles. The van der Waals surface area contributed by atoms with E-state index >= 15 is 0 Å². The van der Waals surface area contributed by atoms with Crippen molar-refractivity contribution in [3.05, 3.63) is 27.7 Å². The lowest BCUT2D eigenvalue weighted by Gasteiger charge is -2.34. The van der Waals surface area contributed by atoms with Gasteiger partial charge in [-0.05, 0) is 31.0 Å². The topological polar surface area (TPSA) is 60.9 Å². The second kappa shape index (κ2) is 9.22. The molecular formula is C18H25BrClN3O3S. The molecule has 1 aromatic carbocycles. The molecule has 0 spiro atoms. The van der Waals surface area contributed by atoms with E-state index in [2.05, 4.69) is 15.9 Å². The SMILES string of the molecule is O=C(CN1CCN(S(=O)(=O)c2ccc(Br)cc2Cl)CC1)N1CCCCCC1. The van der Waals surface area contributed by atoms with Crippen LogP contribution in [0.1, 0.15) is 25.7 Å². The maximum Gasteiger partial charge on any atom is 0.244 e. The summed E-state index contributed by atoms with van der Waals surface area (Å²) in [5.41, 5.74) is 0. The number of rotatable bonds is 4. The predicted octanol–water partition coefficient (Wildman–Crippen LogP) is 2.81. The van der Waals surface area contributed by atoms with E-state index in [1.54, 1.807) is 12.1 Å². The molecule has 1 amide bonds. The van der Waals surface area contributed by atoms with Crippen LogP contribution in [0.2, 0.25) is 5.02 Å². The van der Waals surface area contributed by atoms with Crippen LogP contribution in [0.5, 0.6) is 0 Å². The van der Waals surface area contributed by atoms with Crippen LogP contribution in [0.4, 0.5) is 0 Å². The molecule has 2 heterocycles. The van der Waals surface area contributed by atoms with E-state index < -0.39 is 10.0 Å². The fourth-order valence-corrected chi connectivity index (χ4v) is 6.00. The maximum absolute atomic E-state index is 12.9. The summed E-state index contributed by atoms with van der Waals surface area (Å²) >= 11 is 9.43. The van der Waals surface area contributed by atoms with Gasteiger partial charge in [0.1, 0.15) is 4.90 Å². The Morgan fingerprint density at radius 3 is 2.22 bits per heavy atom. The van der Waals surface area contributed by atoms with Gasteiger partial charge in [0.05, 0.1) is 11.6 Å². The van der Waals surface area contributed by atoms with Crippen LogP contribution in [-0.2, 0) is 14.8 Å². The third-order valence-corrected chi connectivity index (χ3v) is 8.04. The molecule has 1 aromatic rings. The quantitative estimate of drug-likeness (QED) is 0.668. The van der Waals surface area contributed by atoms with E-state index in [1.165, 1.54) is 23.2 Å². The Bertz CT molecular complexity index is 774. The van der Waals surface area contributed by atoms with Gasteiger partial charge in [-0.15, -0.1) is 0 Å². The zero-order valence-corrected chi connectivity index (χ0v) is 18.4. The van der Waals surface area contributed by atoms with E-state index in [1.807, 2.05) is 9.80 Å². The van der Waals surface area contributed by atoms with E-state index in [0.29, 0.717) is 32.7 Å². The first kappa shape index (κ1) is 21.0. The van der Waals surface area contributed by atoms with Crippen molar-refractivity contribution in [2.24, 2.45) is 0 Å². The standard InChI is InChI=1S/C18H25BrClN3O3S/c19-15-5-6-17(16(20)13-15)27(25,26)23-11-9-21(10-12-23)14-18(24)22-7-3-1-2-4-8-22/h5-6,13H,1-4,7-12,14H2. The van der Waals surface area contributed by atoms with Gasteiger partial charge in [-0.2, -0.15) is 4.31 Å². The highest BCUT2D eigenvalue weighted by Crippen LogP contribution is 2.28. The lowest BCUT2D eigenvalue weighted by Crippen LogP contribution is -2.51. The number of hydrogen-bond donors (Lipinski definition) is 0. The molecule has 6 nitrogen and oxygen atoms in total. The molecule has 0 saturated carbocycles. The number of hydrogen-bond acceptors (Lipinski definition) is 4. The van der Waals surface area contributed by atoms with Crippen LogP contribution in [0, 0.1) is 0 Å². The molecule has 0 aliphatic carbocycles. The summed E-state index contributed by atoms with van der Waals surface area (Å²) in [6, 6.07) is 4.79. The lowest BCUT2D eigenvalue weighted by atomic mass is 10.2. The Morgan fingerprint density at radius 2 is 1.63 bits per heavy atom. The van der Waals surface area contributed by atoms with Crippen molar-refractivity contribution in [3.63, 3.8) is 0 Å². The van der Waals surface area contributed by atoms with E-state index in [9.17, 15) is 13.2 Å². The number of sulfonamides is 1. The lowest BCUT2D eigenvalue weighted by molar-refractivity contribution is -0.132. The summed E-state index contributed by atoms with van der Waals surface area (Å²) in [6.45, 7) is 3.88. The summed E-state index contributed by atoms with van der Waals surface area (Å²) < 4.78 is 27.9. The third-order valence-electron chi connectivity index (χ3n) is 5.16. The van der Waals surface area contributed by atoms with Crippen molar-refractivity contribution in [2.75, 3.05) is 45.8 Å². The zero-order valence-electron chi connectivity index (χ0n) is 15.2. The Labute approximate surface area is 174 Å². The van der Waals surface area contributed by atoms with Gasteiger partial charge in [-0.25, -0.2) is 8.42 Å². The highest BCUT2D eigenvalue weighted by atomic mass is 79.9. The van der Waals surface area contributed by atoms with Crippen molar-refractivity contribution in [2.45, 2.75) is 30.6 Å². The average molecular weight is 479 g/mol. The normalized spacial score (nSPS) is 20.4. The van der Waals surface area contributed by atoms with Crippen molar-refractivity contribution >= 4 is 43.5 Å². The Kier molecular flexibility index (Phi) is 7.19. The number of likely N-dealkylation sites (tertiary alicyclic amines) is 1. The average Bonchev–Trinajstić information content (AvgIpc) is 2.91. The van der Waals surface area contributed by atoms with Gasteiger partial charge in [0.15, 0.2) is 0 Å². The summed E-state index contributed by atoms with van der Waals surface area (Å²) in [5.74, 6) is 0.157. The zero-order chi connectivity index (χ0) is 19.4. The molecule has 9 heteroatoms. The minimum atomic E-state index is -3.63. The summed E-state index contributed by atoms with van der Waals surface area (Å²) in [4.78, 5) is 16.7. The first-order valence-electron chi connectivity index (χ1n) is 9.33. The van der Waals surface area contributed by atoms with Gasteiger partial charge in [0.25, 0.3) is 0 Å². The molecule has 150 valence electrons. The van der Waals surface area contributed by atoms with E-state index in [0.717, 1.165) is 30.4 Å². The summed E-state index contributed by atoms with van der Waals surface area (Å²) in [5, 5.41) is 0.211. The molecule has 0 atom stereocenters. The smallest absolute Gasteiger partial charge is 0.244 e. The largest absolute Gasteiger partial charge is 0.342 e. The third kappa shape index (κ3) is 5.23. The number of halogens is 2. The minimum absolute atomic E-state index is 0.126. The molecule has 2 saturated heterocycles. The number of amides is 1. The molecule has 0 N–H and O–H groups in total. The number of piperazine rings is 1. The number of carbonyl (C=O) groups is 1. The molecule has 0 bridgehead atoms. The second-order valence-electron chi connectivity index (χ2n) is 7.05. The molecule has 27 heavy (non-hydrogen) atoms. The molecule has 2 aliphatic rings. The van der Waals surface area contributed by atoms with Crippen LogP contribution >= 0.6 is 27.5 Å². The Morgan fingerprint density at radius 1 is 1.00 bits per heavy atom. The second-order valence-corrected chi connectivity index (χ2v) is 10.3. The molecule has 0 unspecified atom stereocenters. The Hall–Kier alpha value is -0.670. The fraction of sp³-hybridized carbons (Fsp3) is 0.611. The molecular weight excluding hydrogens is 454 g/mol. The number of benzene rings is 1. The monoisotopic (exact) mass is 477 g/mol. The summed E-state index contributed by atoms with van der Waals surface area (Å²) in [6.07, 6.45) is 4.54. The van der Waals surface area contributed by atoms with Gasteiger partial charge in [-0.1, -0.05) is 40.4 Å². The van der Waals surface area contributed by atoms with E-state index in [4.69, 9.17) is 11.6 Å². The Balaban J connectivity index is 1.57. The first-order chi connectivity index (χ1) is 12.9. The van der Waals surface area contributed by atoms with Gasteiger partial charge >= 0.3 is 0 Å². The van der Waals surface area contributed by atoms with Crippen molar-refractivity contribution in [1.82, 2.24) is 14.1 Å². The maximum atomic E-state index is 12.9. The van der Waals surface area contributed by atoms with Gasteiger partial charge < -0.3 is 4.90 Å². The van der Waals surface area contributed by atoms with Crippen LogP contribution < -0.4 is 0 Å². The van der Waals surface area contributed by atoms with Crippen LogP contribution in [0.15, 0.2) is 27.6 Å². The summed E-state index contributed by atoms with van der Waals surface area (Å²) in [7, 11) is -3.63. The first-order valence-corrected chi connectivity index (χ1v) is 11.9. The highest BCUT2D eigenvalue weighted by Gasteiger charge is 2.31. The van der Waals surface area contributed by atoms with Crippen molar-refractivity contribution in [3.8, 4) is 0 Å². The van der Waals surface area contributed by atoms with E-state index in [-0.39, 0.29) is 15.8 Å². The highest BCUT2D eigenvalue weighted by molar-refractivity contribution is 9.10. The number of carbonyl (C=O) groups excluding carboxylic acids is 1. The molecule has 0 radical (unpaired) electrons. The molecule has 0 aromatic heterocycles. The van der Waals surface area contributed by atoms with Crippen LogP contribution in [-0.4, -0.2) is 74.2 Å². The molecule has 2 fully saturated rings.